The summed E-state index contributed by atoms with van der Waals surface area (Å²) in [5.41, 5.74) is 2.82. The number of hydrogen-bond acceptors (Lipinski definition) is 10. The first-order chi connectivity index (χ1) is 16.6. The monoisotopic (exact) mass is 467 g/mol. The number of hydrogen-bond donors (Lipinski definition) is 3. The molecule has 3 aromatic rings. The smallest absolute Gasteiger partial charge is 0.227 e. The average molecular weight is 468 g/mol. The SMILES string of the molecule is COc1cc(-n2cnc(Nc3nc(N4CCCC4CO)nc4c3CNC4)c2)cc(OC)c1OC. The van der Waals surface area contributed by atoms with Gasteiger partial charge in [0.1, 0.15) is 18.0 Å². The van der Waals surface area contributed by atoms with E-state index in [4.69, 9.17) is 24.2 Å². The third-order valence-corrected chi connectivity index (χ3v) is 6.30. The van der Waals surface area contributed by atoms with Gasteiger partial charge in [-0.3, -0.25) is 0 Å². The molecule has 0 bridgehead atoms. The van der Waals surface area contributed by atoms with Gasteiger partial charge in [-0.05, 0) is 12.8 Å². The minimum atomic E-state index is 0.0551. The molecular weight excluding hydrogens is 438 g/mol. The normalized spacial score (nSPS) is 17.1. The van der Waals surface area contributed by atoms with Crippen LogP contribution in [0.1, 0.15) is 24.1 Å². The Morgan fingerprint density at radius 3 is 2.62 bits per heavy atom. The maximum atomic E-state index is 9.75. The fourth-order valence-electron chi connectivity index (χ4n) is 4.54. The van der Waals surface area contributed by atoms with E-state index >= 15 is 0 Å². The summed E-state index contributed by atoms with van der Waals surface area (Å²) in [5, 5.41) is 16.5. The van der Waals surface area contributed by atoms with Gasteiger partial charge in [0.05, 0.1) is 51.6 Å². The van der Waals surface area contributed by atoms with Crippen molar-refractivity contribution in [3.8, 4) is 22.9 Å². The molecular formula is C23H29N7O4. The lowest BCUT2D eigenvalue weighted by atomic mass is 10.2. The van der Waals surface area contributed by atoms with Crippen LogP contribution < -0.4 is 29.7 Å². The zero-order chi connectivity index (χ0) is 23.7. The molecule has 5 rings (SSSR count). The second-order valence-electron chi connectivity index (χ2n) is 8.25. The molecule has 34 heavy (non-hydrogen) atoms. The zero-order valence-electron chi connectivity index (χ0n) is 19.5. The van der Waals surface area contributed by atoms with E-state index in [0.717, 1.165) is 42.1 Å². The molecule has 1 unspecified atom stereocenters. The molecule has 1 fully saturated rings. The lowest BCUT2D eigenvalue weighted by Crippen LogP contribution is -2.33. The maximum Gasteiger partial charge on any atom is 0.227 e. The second-order valence-corrected chi connectivity index (χ2v) is 8.25. The second kappa shape index (κ2) is 9.35. The maximum absolute atomic E-state index is 9.75. The number of aliphatic hydroxyl groups excluding tert-OH is 1. The molecule has 2 aliphatic heterocycles. The predicted molar refractivity (Wildman–Crippen MR) is 127 cm³/mol. The Bertz CT molecular complexity index is 1160. The van der Waals surface area contributed by atoms with Gasteiger partial charge in [0.2, 0.25) is 11.7 Å². The summed E-state index contributed by atoms with van der Waals surface area (Å²) < 4.78 is 18.2. The number of anilines is 3. The quantitative estimate of drug-likeness (QED) is 0.454. The average Bonchev–Trinajstić information content (AvgIpc) is 3.63. The van der Waals surface area contributed by atoms with Crippen LogP contribution in [0.2, 0.25) is 0 Å². The number of nitrogens with one attached hydrogen (secondary N) is 2. The first kappa shape index (κ1) is 22.2. The predicted octanol–water partition coefficient (Wildman–Crippen LogP) is 2.00. The molecule has 11 nitrogen and oxygen atoms in total. The van der Waals surface area contributed by atoms with Crippen molar-refractivity contribution in [2.75, 3.05) is 44.7 Å². The molecule has 3 N–H and O–H groups in total. The summed E-state index contributed by atoms with van der Waals surface area (Å²) in [6.45, 7) is 2.32. The van der Waals surface area contributed by atoms with E-state index in [0.29, 0.717) is 42.1 Å². The highest BCUT2D eigenvalue weighted by molar-refractivity contribution is 5.62. The Morgan fingerprint density at radius 2 is 1.91 bits per heavy atom. The Morgan fingerprint density at radius 1 is 1.12 bits per heavy atom. The Kier molecular flexibility index (Phi) is 6.12. The Labute approximate surface area is 197 Å². The number of nitrogens with zero attached hydrogens (tertiary/aromatic N) is 5. The van der Waals surface area contributed by atoms with Crippen molar-refractivity contribution in [1.82, 2.24) is 24.8 Å². The van der Waals surface area contributed by atoms with Gasteiger partial charge in [-0.2, -0.15) is 4.98 Å². The van der Waals surface area contributed by atoms with Gasteiger partial charge in [-0.15, -0.1) is 0 Å². The lowest BCUT2D eigenvalue weighted by molar-refractivity contribution is 0.265. The molecule has 0 spiro atoms. The van der Waals surface area contributed by atoms with Gasteiger partial charge in [-0.25, -0.2) is 9.97 Å². The molecule has 4 heterocycles. The third-order valence-electron chi connectivity index (χ3n) is 6.30. The van der Waals surface area contributed by atoms with Crippen molar-refractivity contribution < 1.29 is 19.3 Å². The van der Waals surface area contributed by atoms with Crippen LogP contribution >= 0.6 is 0 Å². The van der Waals surface area contributed by atoms with Gasteiger partial charge >= 0.3 is 0 Å². The van der Waals surface area contributed by atoms with Crippen molar-refractivity contribution in [3.63, 3.8) is 0 Å². The number of imidazole rings is 1. The van der Waals surface area contributed by atoms with E-state index < -0.39 is 0 Å². The van der Waals surface area contributed by atoms with Crippen molar-refractivity contribution >= 4 is 17.6 Å². The highest BCUT2D eigenvalue weighted by atomic mass is 16.5. The highest BCUT2D eigenvalue weighted by Gasteiger charge is 2.29. The summed E-state index contributed by atoms with van der Waals surface area (Å²) in [7, 11) is 4.75. The van der Waals surface area contributed by atoms with Gasteiger partial charge in [0.15, 0.2) is 11.5 Å². The number of rotatable bonds is 8. The molecule has 1 aromatic carbocycles. The number of fused-ring (bicyclic) bond motifs is 1. The highest BCUT2D eigenvalue weighted by Crippen LogP contribution is 2.39. The number of aromatic nitrogens is 4. The molecule has 11 heteroatoms. The van der Waals surface area contributed by atoms with Crippen LogP contribution in [0.5, 0.6) is 17.2 Å². The largest absolute Gasteiger partial charge is 0.493 e. The van der Waals surface area contributed by atoms with Crippen LogP contribution in [0.25, 0.3) is 5.69 Å². The molecule has 2 aliphatic rings. The standard InChI is InChI=1S/C23H29N7O4/c1-32-18-7-15(8-19(33-2)21(18)34-3)29-11-20(25-13-29)27-22-16-9-24-10-17(16)26-23(28-22)30-6-4-5-14(30)12-31/h7-8,11,13-14,24,31H,4-6,9-10,12H2,1-3H3,(H,26,27,28). The molecule has 1 atom stereocenters. The summed E-state index contributed by atoms with van der Waals surface area (Å²) in [5.74, 6) is 3.68. The first-order valence-electron chi connectivity index (χ1n) is 11.2. The van der Waals surface area contributed by atoms with Crippen LogP contribution in [0.3, 0.4) is 0 Å². The molecule has 0 aliphatic carbocycles. The van der Waals surface area contributed by atoms with Crippen LogP contribution in [0, 0.1) is 0 Å². The lowest BCUT2D eigenvalue weighted by Gasteiger charge is -2.24. The van der Waals surface area contributed by atoms with Crippen molar-refractivity contribution in [1.29, 1.82) is 0 Å². The fourth-order valence-corrected chi connectivity index (χ4v) is 4.54. The van der Waals surface area contributed by atoms with Crippen LogP contribution in [0.4, 0.5) is 17.6 Å². The van der Waals surface area contributed by atoms with E-state index in [1.807, 2.05) is 22.9 Å². The number of aliphatic hydroxyl groups is 1. The summed E-state index contributed by atoms with van der Waals surface area (Å²) in [6.07, 6.45) is 5.55. The third kappa shape index (κ3) is 3.97. The topological polar surface area (TPSA) is 119 Å². The van der Waals surface area contributed by atoms with Crippen LogP contribution in [-0.2, 0) is 13.1 Å². The molecule has 0 amide bonds. The Hall–Kier alpha value is -3.57. The van der Waals surface area contributed by atoms with Gasteiger partial charge in [-0.1, -0.05) is 0 Å². The van der Waals surface area contributed by atoms with Crippen molar-refractivity contribution in [3.05, 3.63) is 35.9 Å². The summed E-state index contributed by atoms with van der Waals surface area (Å²) in [6, 6.07) is 3.78. The molecule has 2 aromatic heterocycles. The van der Waals surface area contributed by atoms with Crippen molar-refractivity contribution in [2.45, 2.75) is 32.0 Å². The first-order valence-corrected chi connectivity index (χ1v) is 11.2. The number of methoxy groups -OCH3 is 3. The van der Waals surface area contributed by atoms with Crippen LogP contribution in [0.15, 0.2) is 24.7 Å². The summed E-state index contributed by atoms with van der Waals surface area (Å²) >= 11 is 0. The van der Waals surface area contributed by atoms with Crippen molar-refractivity contribution in [2.24, 2.45) is 0 Å². The number of benzene rings is 1. The molecule has 1 saturated heterocycles. The molecule has 0 radical (unpaired) electrons. The Balaban J connectivity index is 1.45. The minimum Gasteiger partial charge on any atom is -0.493 e. The van der Waals surface area contributed by atoms with E-state index in [1.165, 1.54) is 0 Å². The van der Waals surface area contributed by atoms with Gasteiger partial charge in [0, 0.05) is 37.3 Å². The minimum absolute atomic E-state index is 0.0551. The zero-order valence-corrected chi connectivity index (χ0v) is 19.5. The van der Waals surface area contributed by atoms with Gasteiger partial charge < -0.3 is 39.4 Å². The van der Waals surface area contributed by atoms with E-state index in [1.54, 1.807) is 27.7 Å². The fraction of sp³-hybridized carbons (Fsp3) is 0.435. The molecule has 0 saturated carbocycles. The number of ether oxygens (including phenoxy) is 3. The summed E-state index contributed by atoms with van der Waals surface area (Å²) in [4.78, 5) is 16.2. The van der Waals surface area contributed by atoms with E-state index in [9.17, 15) is 5.11 Å². The van der Waals surface area contributed by atoms with Gasteiger partial charge in [0.25, 0.3) is 0 Å². The molecule has 180 valence electrons. The van der Waals surface area contributed by atoms with E-state index in [2.05, 4.69) is 20.5 Å². The van der Waals surface area contributed by atoms with E-state index in [-0.39, 0.29) is 12.6 Å². The van der Waals surface area contributed by atoms with Crippen LogP contribution in [-0.4, -0.2) is 65.1 Å².